The summed E-state index contributed by atoms with van der Waals surface area (Å²) in [5.74, 6) is 0.907. The summed E-state index contributed by atoms with van der Waals surface area (Å²) < 4.78 is 2.25. The van der Waals surface area contributed by atoms with Crippen LogP contribution < -0.4 is 0 Å². The lowest BCUT2D eigenvalue weighted by Crippen LogP contribution is -2.26. The number of hydrogen-bond acceptors (Lipinski definition) is 2. The van der Waals surface area contributed by atoms with Gasteiger partial charge in [-0.05, 0) is 37.7 Å². The Morgan fingerprint density at radius 2 is 2.19 bits per heavy atom. The van der Waals surface area contributed by atoms with E-state index < -0.39 is 0 Å². The van der Waals surface area contributed by atoms with Crippen LogP contribution in [0.25, 0.3) is 11.2 Å². The minimum absolute atomic E-state index is 0.136. The second-order valence-corrected chi connectivity index (χ2v) is 7.96. The quantitative estimate of drug-likeness (QED) is 0.680. The third-order valence-electron chi connectivity index (χ3n) is 4.42. The minimum Gasteiger partial charge on any atom is -0.308 e. The first-order valence-corrected chi connectivity index (χ1v) is 8.36. The summed E-state index contributed by atoms with van der Waals surface area (Å²) in [7, 11) is 0. The Hall–Kier alpha value is -0.800. The molecule has 3 nitrogen and oxygen atoms in total. The smallest absolute Gasteiger partial charge is 0.160 e. The van der Waals surface area contributed by atoms with Crippen molar-refractivity contribution in [3.05, 3.63) is 23.1 Å². The first kappa shape index (κ1) is 15.1. The molecular weight excluding hydrogens is 305 g/mol. The van der Waals surface area contributed by atoms with Crippen molar-refractivity contribution in [3.63, 3.8) is 0 Å². The average Bonchev–Trinajstić information content (AvgIpc) is 2.76. The molecule has 1 fully saturated rings. The predicted molar refractivity (Wildman–Crippen MR) is 88.1 cm³/mol. The van der Waals surface area contributed by atoms with Gasteiger partial charge in [0.05, 0.1) is 10.4 Å². The number of imidazole rings is 1. The Morgan fingerprint density at radius 1 is 1.43 bits per heavy atom. The number of aromatic nitrogens is 3. The van der Waals surface area contributed by atoms with E-state index in [2.05, 4.69) is 28.4 Å². The monoisotopic (exact) mass is 325 g/mol. The van der Waals surface area contributed by atoms with Gasteiger partial charge in [-0.1, -0.05) is 31.9 Å². The molecule has 0 N–H and O–H groups in total. The molecule has 2 atom stereocenters. The molecule has 0 saturated heterocycles. The molecule has 2 unspecified atom stereocenters. The Labute approximate surface area is 135 Å². The predicted octanol–water partition coefficient (Wildman–Crippen LogP) is 5.53. The Bertz CT molecular complexity index is 661. The van der Waals surface area contributed by atoms with Crippen LogP contribution in [-0.2, 0) is 0 Å². The van der Waals surface area contributed by atoms with Gasteiger partial charge in [0.1, 0.15) is 11.3 Å². The second-order valence-electron chi connectivity index (χ2n) is 6.87. The lowest BCUT2D eigenvalue weighted by Gasteiger charge is -2.36. The molecule has 0 bridgehead atoms. The highest BCUT2D eigenvalue weighted by atomic mass is 35.5. The lowest BCUT2D eigenvalue weighted by atomic mass is 9.75. The molecule has 0 amide bonds. The Morgan fingerprint density at radius 3 is 2.86 bits per heavy atom. The van der Waals surface area contributed by atoms with Gasteiger partial charge >= 0.3 is 0 Å². The molecule has 0 aliphatic heterocycles. The summed E-state index contributed by atoms with van der Waals surface area (Å²) in [6.07, 6.45) is 6.51. The summed E-state index contributed by atoms with van der Waals surface area (Å²) in [6, 6.07) is 2.29. The van der Waals surface area contributed by atoms with Crippen molar-refractivity contribution in [2.24, 2.45) is 5.41 Å². The molecule has 114 valence electrons. The van der Waals surface area contributed by atoms with Gasteiger partial charge in [-0.15, -0.1) is 11.6 Å². The van der Waals surface area contributed by atoms with E-state index in [9.17, 15) is 0 Å². The highest BCUT2D eigenvalue weighted by Crippen LogP contribution is 2.43. The minimum atomic E-state index is -0.136. The lowest BCUT2D eigenvalue weighted by molar-refractivity contribution is 0.183. The SMILES string of the molecule is CC(Cl)c1nc2cc(Cl)cnc2n1C1CCCC(C)(C)C1. The van der Waals surface area contributed by atoms with Gasteiger partial charge in [0.2, 0.25) is 0 Å². The maximum atomic E-state index is 6.37. The van der Waals surface area contributed by atoms with Crippen LogP contribution >= 0.6 is 23.2 Å². The fourth-order valence-corrected chi connectivity index (χ4v) is 3.80. The molecule has 0 radical (unpaired) electrons. The third kappa shape index (κ3) is 2.91. The average molecular weight is 326 g/mol. The Kier molecular flexibility index (Phi) is 3.91. The molecular formula is C16H21Cl2N3. The number of halogens is 2. The van der Waals surface area contributed by atoms with Crippen LogP contribution in [-0.4, -0.2) is 14.5 Å². The van der Waals surface area contributed by atoms with Crippen LogP contribution in [0.15, 0.2) is 12.3 Å². The van der Waals surface area contributed by atoms with E-state index in [1.54, 1.807) is 6.20 Å². The summed E-state index contributed by atoms with van der Waals surface area (Å²) >= 11 is 12.4. The van der Waals surface area contributed by atoms with Gasteiger partial charge in [-0.2, -0.15) is 0 Å². The second kappa shape index (κ2) is 5.44. The van der Waals surface area contributed by atoms with Crippen molar-refractivity contribution >= 4 is 34.4 Å². The van der Waals surface area contributed by atoms with Crippen molar-refractivity contribution in [1.29, 1.82) is 0 Å². The highest BCUT2D eigenvalue weighted by molar-refractivity contribution is 6.31. The molecule has 3 rings (SSSR count). The summed E-state index contributed by atoms with van der Waals surface area (Å²) in [5, 5.41) is 0.480. The first-order valence-electron chi connectivity index (χ1n) is 7.55. The zero-order valence-electron chi connectivity index (χ0n) is 12.7. The topological polar surface area (TPSA) is 30.7 Å². The number of alkyl halides is 1. The summed E-state index contributed by atoms with van der Waals surface area (Å²) in [5.41, 5.74) is 2.11. The maximum absolute atomic E-state index is 6.37. The van der Waals surface area contributed by atoms with Crippen LogP contribution in [0.5, 0.6) is 0 Å². The highest BCUT2D eigenvalue weighted by Gasteiger charge is 2.32. The molecule has 21 heavy (non-hydrogen) atoms. The van der Waals surface area contributed by atoms with E-state index in [0.29, 0.717) is 16.5 Å². The molecule has 2 aromatic rings. The Balaban J connectivity index is 2.13. The molecule has 2 heterocycles. The van der Waals surface area contributed by atoms with Gasteiger partial charge in [-0.25, -0.2) is 9.97 Å². The van der Waals surface area contributed by atoms with Crippen molar-refractivity contribution in [2.75, 3.05) is 0 Å². The van der Waals surface area contributed by atoms with E-state index in [0.717, 1.165) is 29.8 Å². The zero-order valence-corrected chi connectivity index (χ0v) is 14.2. The molecule has 1 aliphatic carbocycles. The molecule has 1 aliphatic rings. The van der Waals surface area contributed by atoms with E-state index >= 15 is 0 Å². The van der Waals surface area contributed by atoms with Crippen molar-refractivity contribution in [2.45, 2.75) is 57.9 Å². The number of nitrogens with zero attached hydrogens (tertiary/aromatic N) is 3. The normalized spacial score (nSPS) is 23.4. The number of fused-ring (bicyclic) bond motifs is 1. The zero-order chi connectivity index (χ0) is 15.2. The van der Waals surface area contributed by atoms with Crippen LogP contribution in [0, 0.1) is 5.41 Å². The summed E-state index contributed by atoms with van der Waals surface area (Å²) in [4.78, 5) is 9.20. The van der Waals surface area contributed by atoms with E-state index in [1.807, 2.05) is 13.0 Å². The first-order chi connectivity index (χ1) is 9.87. The van der Waals surface area contributed by atoms with Crippen LogP contribution in [0.2, 0.25) is 5.02 Å². The van der Waals surface area contributed by atoms with Crippen molar-refractivity contribution in [1.82, 2.24) is 14.5 Å². The molecule has 0 aromatic carbocycles. The molecule has 0 spiro atoms. The number of rotatable bonds is 2. The van der Waals surface area contributed by atoms with Gasteiger partial charge in [-0.3, -0.25) is 0 Å². The van der Waals surface area contributed by atoms with Gasteiger partial charge < -0.3 is 4.57 Å². The third-order valence-corrected chi connectivity index (χ3v) is 4.83. The van der Waals surface area contributed by atoms with Crippen LogP contribution in [0.4, 0.5) is 0 Å². The summed E-state index contributed by atoms with van der Waals surface area (Å²) in [6.45, 7) is 6.65. The van der Waals surface area contributed by atoms with Crippen LogP contribution in [0.1, 0.15) is 63.7 Å². The van der Waals surface area contributed by atoms with Crippen molar-refractivity contribution in [3.8, 4) is 0 Å². The van der Waals surface area contributed by atoms with E-state index in [-0.39, 0.29) is 5.38 Å². The number of pyridine rings is 1. The standard InChI is InChI=1S/C16H21Cl2N3/c1-10(17)14-20-13-7-11(18)9-19-15(13)21(14)12-5-4-6-16(2,3)8-12/h7,9-10,12H,4-6,8H2,1-3H3. The fraction of sp³-hybridized carbons (Fsp3) is 0.625. The maximum Gasteiger partial charge on any atom is 0.160 e. The van der Waals surface area contributed by atoms with Gasteiger partial charge in [0.15, 0.2) is 5.65 Å². The molecule has 5 heteroatoms. The van der Waals surface area contributed by atoms with E-state index in [1.165, 1.54) is 12.8 Å². The van der Waals surface area contributed by atoms with Crippen LogP contribution in [0.3, 0.4) is 0 Å². The van der Waals surface area contributed by atoms with Gasteiger partial charge in [0.25, 0.3) is 0 Å². The van der Waals surface area contributed by atoms with E-state index in [4.69, 9.17) is 23.2 Å². The van der Waals surface area contributed by atoms with Gasteiger partial charge in [0, 0.05) is 12.2 Å². The van der Waals surface area contributed by atoms with Crippen molar-refractivity contribution < 1.29 is 0 Å². The molecule has 2 aromatic heterocycles. The largest absolute Gasteiger partial charge is 0.308 e. The molecule has 1 saturated carbocycles. The fourth-order valence-electron chi connectivity index (χ4n) is 3.49. The number of hydrogen-bond donors (Lipinski definition) is 0.